The van der Waals surface area contributed by atoms with Crippen LogP contribution in [0.3, 0.4) is 0 Å². The number of carbonyl (C=O) groups excluding carboxylic acids is 2. The lowest BCUT2D eigenvalue weighted by atomic mass is 9.76. The number of halogens is 1. The van der Waals surface area contributed by atoms with Crippen molar-refractivity contribution < 1.29 is 14.0 Å². The molecule has 2 aliphatic heterocycles. The monoisotopic (exact) mass is 405 g/mol. The number of nitrogens with one attached hydrogen (secondary N) is 2. The molecule has 2 atom stereocenters. The summed E-state index contributed by atoms with van der Waals surface area (Å²) in [7, 11) is 0. The number of hydrogen-bond acceptors (Lipinski definition) is 2. The smallest absolute Gasteiger partial charge is 0.270 e. The Labute approximate surface area is 174 Å². The first-order valence-corrected chi connectivity index (χ1v) is 10.4. The standard InChI is InChI=1S/C24H24FN3O2/c1-15-4-2-5-19-18(15)14-20(26-19)23(30)28-13-3-11-24(12-10-21(29)27-24)22(28)16-6-8-17(25)9-7-16/h2,4-9,14,22,26H,3,10-13H2,1H3,(H,27,29)/t22-,24+/m1/s1. The quantitative estimate of drug-likeness (QED) is 0.670. The van der Waals surface area contributed by atoms with Crippen LogP contribution in [0, 0.1) is 12.7 Å². The van der Waals surface area contributed by atoms with E-state index in [0.29, 0.717) is 25.1 Å². The zero-order chi connectivity index (χ0) is 20.9. The summed E-state index contributed by atoms with van der Waals surface area (Å²) in [6, 6.07) is 13.8. The molecule has 2 fully saturated rings. The lowest BCUT2D eigenvalue weighted by Gasteiger charge is -2.48. The fourth-order valence-corrected chi connectivity index (χ4v) is 5.20. The summed E-state index contributed by atoms with van der Waals surface area (Å²) in [4.78, 5) is 30.9. The Morgan fingerprint density at radius 1 is 1.17 bits per heavy atom. The third-order valence-corrected chi connectivity index (χ3v) is 6.60. The van der Waals surface area contributed by atoms with Gasteiger partial charge in [-0.2, -0.15) is 0 Å². The number of rotatable bonds is 2. The summed E-state index contributed by atoms with van der Waals surface area (Å²) in [5.41, 5.74) is 2.91. The fraction of sp³-hybridized carbons (Fsp3) is 0.333. The summed E-state index contributed by atoms with van der Waals surface area (Å²) >= 11 is 0. The fourth-order valence-electron chi connectivity index (χ4n) is 5.20. The number of likely N-dealkylation sites (tertiary alicyclic amines) is 1. The van der Waals surface area contributed by atoms with E-state index in [-0.39, 0.29) is 23.7 Å². The Balaban J connectivity index is 1.58. The molecule has 0 saturated carbocycles. The Kier molecular flexibility index (Phi) is 4.38. The van der Waals surface area contributed by atoms with E-state index in [4.69, 9.17) is 0 Å². The summed E-state index contributed by atoms with van der Waals surface area (Å²) in [5.74, 6) is -0.402. The molecule has 3 heterocycles. The third kappa shape index (κ3) is 2.98. The number of carbonyl (C=O) groups is 2. The van der Waals surface area contributed by atoms with Crippen LogP contribution in [0.1, 0.15) is 53.3 Å². The molecule has 0 aliphatic carbocycles. The van der Waals surface area contributed by atoms with Gasteiger partial charge in [-0.05, 0) is 61.6 Å². The number of nitrogens with zero attached hydrogens (tertiary/aromatic N) is 1. The minimum atomic E-state index is -0.509. The Hall–Kier alpha value is -3.15. The molecule has 2 amide bonds. The van der Waals surface area contributed by atoms with Gasteiger partial charge in [0.1, 0.15) is 11.5 Å². The minimum Gasteiger partial charge on any atom is -0.351 e. The molecule has 3 aromatic rings. The van der Waals surface area contributed by atoms with Crippen LogP contribution >= 0.6 is 0 Å². The summed E-state index contributed by atoms with van der Waals surface area (Å²) < 4.78 is 13.6. The van der Waals surface area contributed by atoms with Gasteiger partial charge in [-0.15, -0.1) is 0 Å². The number of amides is 2. The number of aromatic nitrogens is 1. The van der Waals surface area contributed by atoms with Crippen molar-refractivity contribution in [3.05, 3.63) is 71.2 Å². The maximum Gasteiger partial charge on any atom is 0.270 e. The highest BCUT2D eigenvalue weighted by atomic mass is 19.1. The molecule has 2 N–H and O–H groups in total. The minimum absolute atomic E-state index is 0.0117. The molecule has 2 aliphatic rings. The molecule has 6 heteroatoms. The van der Waals surface area contributed by atoms with Gasteiger partial charge in [0, 0.05) is 23.9 Å². The van der Waals surface area contributed by atoms with E-state index in [2.05, 4.69) is 10.3 Å². The number of aryl methyl sites for hydroxylation is 1. The summed E-state index contributed by atoms with van der Waals surface area (Å²) in [6.45, 7) is 2.61. The molecule has 5 rings (SSSR count). The number of aromatic amines is 1. The molecule has 154 valence electrons. The molecule has 2 saturated heterocycles. The van der Waals surface area contributed by atoms with Gasteiger partial charge in [-0.3, -0.25) is 9.59 Å². The van der Waals surface area contributed by atoms with Crippen LogP contribution < -0.4 is 5.32 Å². The van der Waals surface area contributed by atoms with Crippen molar-refractivity contribution in [2.45, 2.75) is 44.2 Å². The predicted octanol–water partition coefficient (Wildman–Crippen LogP) is 4.24. The van der Waals surface area contributed by atoms with E-state index in [1.165, 1.54) is 12.1 Å². The molecule has 0 radical (unpaired) electrons. The van der Waals surface area contributed by atoms with Crippen molar-refractivity contribution in [1.29, 1.82) is 0 Å². The number of piperidine rings is 1. The zero-order valence-corrected chi connectivity index (χ0v) is 16.9. The van der Waals surface area contributed by atoms with Crippen LogP contribution in [0.2, 0.25) is 0 Å². The van der Waals surface area contributed by atoms with Gasteiger partial charge in [0.15, 0.2) is 0 Å². The van der Waals surface area contributed by atoms with Crippen molar-refractivity contribution in [2.24, 2.45) is 0 Å². The predicted molar refractivity (Wildman–Crippen MR) is 113 cm³/mol. The maximum absolute atomic E-state index is 13.7. The van der Waals surface area contributed by atoms with E-state index in [0.717, 1.165) is 34.9 Å². The molecule has 2 aromatic carbocycles. The molecular weight excluding hydrogens is 381 g/mol. The van der Waals surface area contributed by atoms with Crippen LogP contribution in [0.5, 0.6) is 0 Å². The van der Waals surface area contributed by atoms with Crippen molar-refractivity contribution in [3.8, 4) is 0 Å². The van der Waals surface area contributed by atoms with E-state index in [9.17, 15) is 14.0 Å². The molecule has 5 nitrogen and oxygen atoms in total. The maximum atomic E-state index is 13.7. The second-order valence-corrected chi connectivity index (χ2v) is 8.48. The normalized spacial score (nSPS) is 23.9. The highest BCUT2D eigenvalue weighted by Crippen LogP contribution is 2.45. The Morgan fingerprint density at radius 3 is 2.67 bits per heavy atom. The van der Waals surface area contributed by atoms with Crippen LogP contribution in [0.15, 0.2) is 48.5 Å². The van der Waals surface area contributed by atoms with E-state index < -0.39 is 5.54 Å². The Bertz CT molecular complexity index is 1140. The van der Waals surface area contributed by atoms with Gasteiger partial charge in [0.2, 0.25) is 5.91 Å². The molecule has 1 aromatic heterocycles. The van der Waals surface area contributed by atoms with Crippen molar-refractivity contribution >= 4 is 22.7 Å². The van der Waals surface area contributed by atoms with Gasteiger partial charge in [0.25, 0.3) is 5.91 Å². The van der Waals surface area contributed by atoms with E-state index in [1.54, 1.807) is 12.1 Å². The van der Waals surface area contributed by atoms with Crippen molar-refractivity contribution in [1.82, 2.24) is 15.2 Å². The zero-order valence-electron chi connectivity index (χ0n) is 16.9. The SMILES string of the molecule is Cc1cccc2[nH]c(C(=O)N3CCC[C@]4(CCC(=O)N4)[C@H]3c3ccc(F)cc3)cc12. The average Bonchev–Trinajstić information content (AvgIpc) is 3.33. The third-order valence-electron chi connectivity index (χ3n) is 6.60. The molecular formula is C24H24FN3O2. The highest BCUT2D eigenvalue weighted by molar-refractivity contribution is 5.99. The first kappa shape index (κ1) is 18.9. The average molecular weight is 405 g/mol. The van der Waals surface area contributed by atoms with Gasteiger partial charge in [-0.25, -0.2) is 4.39 Å². The van der Waals surface area contributed by atoms with Crippen molar-refractivity contribution in [3.63, 3.8) is 0 Å². The summed E-state index contributed by atoms with van der Waals surface area (Å²) in [5, 5.41) is 4.20. The van der Waals surface area contributed by atoms with Gasteiger partial charge < -0.3 is 15.2 Å². The molecule has 1 spiro atoms. The second-order valence-electron chi connectivity index (χ2n) is 8.48. The molecule has 30 heavy (non-hydrogen) atoms. The number of benzene rings is 2. The lowest BCUT2D eigenvalue weighted by Crippen LogP contribution is -2.58. The van der Waals surface area contributed by atoms with Crippen molar-refractivity contribution in [2.75, 3.05) is 6.54 Å². The van der Waals surface area contributed by atoms with E-state index >= 15 is 0 Å². The van der Waals surface area contributed by atoms with Crippen LogP contribution in [0.4, 0.5) is 4.39 Å². The summed E-state index contributed by atoms with van der Waals surface area (Å²) in [6.07, 6.45) is 2.73. The lowest BCUT2D eigenvalue weighted by molar-refractivity contribution is -0.120. The Morgan fingerprint density at radius 2 is 1.97 bits per heavy atom. The number of hydrogen-bond donors (Lipinski definition) is 2. The first-order valence-electron chi connectivity index (χ1n) is 10.4. The van der Waals surface area contributed by atoms with Gasteiger partial charge in [-0.1, -0.05) is 24.3 Å². The molecule has 0 bridgehead atoms. The first-order chi connectivity index (χ1) is 14.5. The highest BCUT2D eigenvalue weighted by Gasteiger charge is 2.50. The second kappa shape index (κ2) is 6.97. The number of fused-ring (bicyclic) bond motifs is 1. The van der Waals surface area contributed by atoms with Gasteiger partial charge >= 0.3 is 0 Å². The van der Waals surface area contributed by atoms with Crippen LogP contribution in [0.25, 0.3) is 10.9 Å². The largest absolute Gasteiger partial charge is 0.351 e. The van der Waals surface area contributed by atoms with Gasteiger partial charge in [0.05, 0.1) is 11.6 Å². The van der Waals surface area contributed by atoms with Crippen LogP contribution in [-0.4, -0.2) is 33.8 Å². The number of H-pyrrole nitrogens is 1. The topological polar surface area (TPSA) is 65.2 Å². The molecule has 0 unspecified atom stereocenters. The van der Waals surface area contributed by atoms with Crippen LogP contribution in [-0.2, 0) is 4.79 Å². The van der Waals surface area contributed by atoms with E-state index in [1.807, 2.05) is 36.1 Å².